The lowest BCUT2D eigenvalue weighted by molar-refractivity contribution is 0.495. The van der Waals surface area contributed by atoms with Gasteiger partial charge in [-0.25, -0.2) is 0 Å². The summed E-state index contributed by atoms with van der Waals surface area (Å²) in [6, 6.07) is 14.3. The van der Waals surface area contributed by atoms with Crippen LogP contribution in [0.4, 0.5) is 0 Å². The second-order valence-corrected chi connectivity index (χ2v) is 6.59. The summed E-state index contributed by atoms with van der Waals surface area (Å²) in [5, 5.41) is 5.07. The van der Waals surface area contributed by atoms with E-state index in [4.69, 9.17) is 23.2 Å². The molecule has 0 aliphatic carbocycles. The van der Waals surface area contributed by atoms with Gasteiger partial charge in [-0.3, -0.25) is 0 Å². The molecule has 106 valence electrons. The zero-order valence-corrected chi connectivity index (χ0v) is 14.4. The van der Waals surface area contributed by atoms with Crippen LogP contribution in [0.15, 0.2) is 46.9 Å². The predicted octanol–water partition coefficient (Wildman–Crippen LogP) is 6.17. The molecule has 2 atom stereocenters. The van der Waals surface area contributed by atoms with Crippen molar-refractivity contribution in [2.24, 2.45) is 0 Å². The first kappa shape index (κ1) is 15.8. The van der Waals surface area contributed by atoms with Crippen molar-refractivity contribution in [1.82, 2.24) is 5.32 Å². The standard InChI is InChI=1S/C16H16BrCl2N/c1-10(12-3-6-14(18)7-4-12)20-11(2)15-8-5-13(17)9-16(15)19/h3-11,20H,1-2H3. The molecular formula is C16H16BrCl2N. The Labute approximate surface area is 138 Å². The van der Waals surface area contributed by atoms with Gasteiger partial charge in [0.05, 0.1) is 0 Å². The van der Waals surface area contributed by atoms with Crippen molar-refractivity contribution in [3.8, 4) is 0 Å². The number of benzene rings is 2. The molecule has 0 aliphatic heterocycles. The third-order valence-corrected chi connectivity index (χ3v) is 4.37. The van der Waals surface area contributed by atoms with Gasteiger partial charge in [0.2, 0.25) is 0 Å². The first-order valence-electron chi connectivity index (χ1n) is 6.44. The van der Waals surface area contributed by atoms with Gasteiger partial charge in [0.15, 0.2) is 0 Å². The minimum atomic E-state index is 0.168. The van der Waals surface area contributed by atoms with Crippen molar-refractivity contribution in [3.05, 3.63) is 68.1 Å². The van der Waals surface area contributed by atoms with E-state index in [1.165, 1.54) is 5.56 Å². The lowest BCUT2D eigenvalue weighted by Gasteiger charge is -2.21. The smallest absolute Gasteiger partial charge is 0.0464 e. The van der Waals surface area contributed by atoms with Gasteiger partial charge in [-0.1, -0.05) is 57.3 Å². The molecule has 2 unspecified atom stereocenters. The Morgan fingerprint density at radius 3 is 2.20 bits per heavy atom. The molecular weight excluding hydrogens is 357 g/mol. The molecule has 2 rings (SSSR count). The average molecular weight is 373 g/mol. The Balaban J connectivity index is 2.10. The molecule has 0 fully saturated rings. The van der Waals surface area contributed by atoms with Gasteiger partial charge in [-0.05, 0) is 49.2 Å². The van der Waals surface area contributed by atoms with Crippen LogP contribution in [-0.2, 0) is 0 Å². The second kappa shape index (κ2) is 6.95. The Morgan fingerprint density at radius 2 is 1.60 bits per heavy atom. The van der Waals surface area contributed by atoms with E-state index < -0.39 is 0 Å². The summed E-state index contributed by atoms with van der Waals surface area (Å²) in [5.41, 5.74) is 2.30. The van der Waals surface area contributed by atoms with E-state index in [1.807, 2.05) is 42.5 Å². The molecule has 0 aromatic heterocycles. The van der Waals surface area contributed by atoms with Gasteiger partial charge in [-0.2, -0.15) is 0 Å². The third-order valence-electron chi connectivity index (χ3n) is 3.30. The topological polar surface area (TPSA) is 12.0 Å². The van der Waals surface area contributed by atoms with Crippen LogP contribution in [0.5, 0.6) is 0 Å². The monoisotopic (exact) mass is 371 g/mol. The van der Waals surface area contributed by atoms with E-state index in [0.29, 0.717) is 0 Å². The van der Waals surface area contributed by atoms with Crippen LogP contribution < -0.4 is 5.32 Å². The molecule has 2 aromatic rings. The molecule has 0 bridgehead atoms. The second-order valence-electron chi connectivity index (χ2n) is 4.83. The Bertz CT molecular complexity index is 584. The fourth-order valence-electron chi connectivity index (χ4n) is 2.17. The van der Waals surface area contributed by atoms with E-state index in [2.05, 4.69) is 35.1 Å². The number of hydrogen-bond donors (Lipinski definition) is 1. The molecule has 2 aromatic carbocycles. The van der Waals surface area contributed by atoms with Crippen LogP contribution >= 0.6 is 39.1 Å². The van der Waals surface area contributed by atoms with Crippen LogP contribution in [-0.4, -0.2) is 0 Å². The van der Waals surface area contributed by atoms with Crippen LogP contribution in [0.3, 0.4) is 0 Å². The van der Waals surface area contributed by atoms with E-state index >= 15 is 0 Å². The maximum absolute atomic E-state index is 6.29. The number of hydrogen-bond acceptors (Lipinski definition) is 1. The third kappa shape index (κ3) is 3.98. The zero-order chi connectivity index (χ0) is 14.7. The van der Waals surface area contributed by atoms with Crippen molar-refractivity contribution in [3.63, 3.8) is 0 Å². The molecule has 0 amide bonds. The van der Waals surface area contributed by atoms with E-state index in [0.717, 1.165) is 20.1 Å². The molecule has 0 aliphatic rings. The van der Waals surface area contributed by atoms with Crippen molar-refractivity contribution in [1.29, 1.82) is 0 Å². The largest absolute Gasteiger partial charge is 0.304 e. The molecule has 20 heavy (non-hydrogen) atoms. The van der Waals surface area contributed by atoms with Gasteiger partial charge in [-0.15, -0.1) is 0 Å². The molecule has 1 nitrogen and oxygen atoms in total. The SMILES string of the molecule is CC(NC(C)c1ccc(Br)cc1Cl)c1ccc(Cl)cc1. The van der Waals surface area contributed by atoms with Gasteiger partial charge in [0, 0.05) is 26.6 Å². The number of rotatable bonds is 4. The van der Waals surface area contributed by atoms with E-state index in [-0.39, 0.29) is 12.1 Å². The molecule has 1 N–H and O–H groups in total. The predicted molar refractivity (Wildman–Crippen MR) is 90.6 cm³/mol. The molecule has 0 radical (unpaired) electrons. The van der Waals surface area contributed by atoms with Gasteiger partial charge in [0.25, 0.3) is 0 Å². The highest BCUT2D eigenvalue weighted by Gasteiger charge is 2.13. The minimum Gasteiger partial charge on any atom is -0.304 e. The quantitative estimate of drug-likeness (QED) is 0.676. The van der Waals surface area contributed by atoms with Crippen LogP contribution in [0.25, 0.3) is 0 Å². The van der Waals surface area contributed by atoms with Crippen LogP contribution in [0, 0.1) is 0 Å². The van der Waals surface area contributed by atoms with Gasteiger partial charge >= 0.3 is 0 Å². The van der Waals surface area contributed by atoms with Crippen molar-refractivity contribution < 1.29 is 0 Å². The summed E-state index contributed by atoms with van der Waals surface area (Å²) >= 11 is 15.6. The summed E-state index contributed by atoms with van der Waals surface area (Å²) in [5.74, 6) is 0. The molecule has 0 spiro atoms. The highest BCUT2D eigenvalue weighted by molar-refractivity contribution is 9.10. The maximum atomic E-state index is 6.29. The molecule has 0 saturated carbocycles. The molecule has 4 heteroatoms. The zero-order valence-electron chi connectivity index (χ0n) is 11.3. The molecule has 0 saturated heterocycles. The minimum absolute atomic E-state index is 0.168. The van der Waals surface area contributed by atoms with Crippen molar-refractivity contribution >= 4 is 39.1 Å². The van der Waals surface area contributed by atoms with Gasteiger partial charge in [0.1, 0.15) is 0 Å². The average Bonchev–Trinajstić information content (AvgIpc) is 2.39. The maximum Gasteiger partial charge on any atom is 0.0464 e. The Morgan fingerprint density at radius 1 is 0.950 bits per heavy atom. The summed E-state index contributed by atoms with van der Waals surface area (Å²) < 4.78 is 0.990. The number of nitrogens with one attached hydrogen (secondary N) is 1. The lowest BCUT2D eigenvalue weighted by atomic mass is 10.0. The highest BCUT2D eigenvalue weighted by Crippen LogP contribution is 2.28. The van der Waals surface area contributed by atoms with Crippen molar-refractivity contribution in [2.75, 3.05) is 0 Å². The van der Waals surface area contributed by atoms with Crippen molar-refractivity contribution in [2.45, 2.75) is 25.9 Å². The van der Waals surface area contributed by atoms with Crippen LogP contribution in [0.2, 0.25) is 10.0 Å². The summed E-state index contributed by atoms with van der Waals surface area (Å²) in [6.07, 6.45) is 0. The Hall–Kier alpha value is -0.540. The fourth-order valence-corrected chi connectivity index (χ4v) is 3.13. The first-order chi connectivity index (χ1) is 9.47. The van der Waals surface area contributed by atoms with E-state index in [1.54, 1.807) is 0 Å². The summed E-state index contributed by atoms with van der Waals surface area (Å²) in [4.78, 5) is 0. The summed E-state index contributed by atoms with van der Waals surface area (Å²) in [7, 11) is 0. The Kier molecular flexibility index (Phi) is 5.50. The lowest BCUT2D eigenvalue weighted by Crippen LogP contribution is -2.22. The number of halogens is 3. The highest BCUT2D eigenvalue weighted by atomic mass is 79.9. The first-order valence-corrected chi connectivity index (χ1v) is 7.98. The normalized spacial score (nSPS) is 14.1. The van der Waals surface area contributed by atoms with Crippen LogP contribution in [0.1, 0.15) is 37.1 Å². The summed E-state index contributed by atoms with van der Waals surface area (Å²) in [6.45, 7) is 4.24. The fraction of sp³-hybridized carbons (Fsp3) is 0.250. The molecule has 0 heterocycles. The van der Waals surface area contributed by atoms with E-state index in [9.17, 15) is 0 Å². The van der Waals surface area contributed by atoms with Gasteiger partial charge < -0.3 is 5.32 Å².